The molecule has 0 aromatic heterocycles. The van der Waals surface area contributed by atoms with E-state index in [9.17, 15) is 8.42 Å². The van der Waals surface area contributed by atoms with Crippen LogP contribution in [-0.2, 0) is 16.4 Å². The van der Waals surface area contributed by atoms with Gasteiger partial charge < -0.3 is 5.73 Å². The first-order chi connectivity index (χ1) is 8.39. The van der Waals surface area contributed by atoms with Crippen molar-refractivity contribution in [3.05, 3.63) is 35.9 Å². The standard InChI is InChI=1S/C13H22N2O2S/c1-11(14)10-12(2)15-18(16,17)9-8-13-6-4-3-5-7-13/h3-7,11-12,15H,8-10,14H2,1-2H3. The Hall–Kier alpha value is -0.910. The maximum atomic E-state index is 11.8. The highest BCUT2D eigenvalue weighted by Gasteiger charge is 2.15. The number of sulfonamides is 1. The van der Waals surface area contributed by atoms with Gasteiger partial charge in [0.2, 0.25) is 10.0 Å². The molecule has 0 aliphatic carbocycles. The van der Waals surface area contributed by atoms with Crippen molar-refractivity contribution in [2.24, 2.45) is 5.73 Å². The van der Waals surface area contributed by atoms with Crippen LogP contribution < -0.4 is 10.5 Å². The smallest absolute Gasteiger partial charge is 0.212 e. The van der Waals surface area contributed by atoms with E-state index >= 15 is 0 Å². The minimum Gasteiger partial charge on any atom is -0.328 e. The molecule has 1 rings (SSSR count). The van der Waals surface area contributed by atoms with Crippen molar-refractivity contribution in [3.8, 4) is 0 Å². The molecule has 18 heavy (non-hydrogen) atoms. The first-order valence-electron chi connectivity index (χ1n) is 6.18. The molecule has 0 heterocycles. The molecule has 0 saturated heterocycles. The molecule has 0 amide bonds. The highest BCUT2D eigenvalue weighted by Crippen LogP contribution is 2.03. The van der Waals surface area contributed by atoms with Crippen LogP contribution in [0.4, 0.5) is 0 Å². The van der Waals surface area contributed by atoms with Gasteiger partial charge in [-0.2, -0.15) is 0 Å². The van der Waals surface area contributed by atoms with Crippen LogP contribution in [-0.4, -0.2) is 26.3 Å². The lowest BCUT2D eigenvalue weighted by Crippen LogP contribution is -2.38. The summed E-state index contributed by atoms with van der Waals surface area (Å²) >= 11 is 0. The Morgan fingerprint density at radius 3 is 2.39 bits per heavy atom. The van der Waals surface area contributed by atoms with Crippen LogP contribution in [0.3, 0.4) is 0 Å². The zero-order chi connectivity index (χ0) is 13.6. The predicted octanol–water partition coefficient (Wildman–Crippen LogP) is 1.27. The quantitative estimate of drug-likeness (QED) is 0.784. The summed E-state index contributed by atoms with van der Waals surface area (Å²) in [6, 6.07) is 9.48. The summed E-state index contributed by atoms with van der Waals surface area (Å²) in [6.07, 6.45) is 1.17. The Kier molecular flexibility index (Phi) is 5.78. The van der Waals surface area contributed by atoms with Gasteiger partial charge in [0.1, 0.15) is 0 Å². The number of nitrogens with one attached hydrogen (secondary N) is 1. The first-order valence-corrected chi connectivity index (χ1v) is 7.84. The van der Waals surface area contributed by atoms with Crippen molar-refractivity contribution in [1.82, 2.24) is 4.72 Å². The fourth-order valence-electron chi connectivity index (χ4n) is 1.87. The van der Waals surface area contributed by atoms with Gasteiger partial charge >= 0.3 is 0 Å². The third kappa shape index (κ3) is 6.14. The topological polar surface area (TPSA) is 72.2 Å². The largest absolute Gasteiger partial charge is 0.328 e. The first kappa shape index (κ1) is 15.1. The van der Waals surface area contributed by atoms with E-state index in [4.69, 9.17) is 5.73 Å². The van der Waals surface area contributed by atoms with Gasteiger partial charge in [-0.25, -0.2) is 13.1 Å². The zero-order valence-corrected chi connectivity index (χ0v) is 11.8. The second-order valence-corrected chi connectivity index (χ2v) is 6.66. The molecule has 5 heteroatoms. The summed E-state index contributed by atoms with van der Waals surface area (Å²) in [5.41, 5.74) is 6.67. The molecule has 0 radical (unpaired) electrons. The number of nitrogens with two attached hydrogens (primary N) is 1. The van der Waals surface area contributed by atoms with Crippen molar-refractivity contribution >= 4 is 10.0 Å². The maximum absolute atomic E-state index is 11.8. The van der Waals surface area contributed by atoms with Crippen LogP contribution >= 0.6 is 0 Å². The molecule has 0 aliphatic heterocycles. The average Bonchev–Trinajstić information content (AvgIpc) is 2.26. The summed E-state index contributed by atoms with van der Waals surface area (Å²) < 4.78 is 26.3. The van der Waals surface area contributed by atoms with Crippen LogP contribution in [0.25, 0.3) is 0 Å². The van der Waals surface area contributed by atoms with E-state index in [0.29, 0.717) is 12.8 Å². The molecule has 0 bridgehead atoms. The van der Waals surface area contributed by atoms with Gasteiger partial charge in [0.25, 0.3) is 0 Å². The molecule has 0 spiro atoms. The molecular formula is C13H22N2O2S. The third-order valence-electron chi connectivity index (χ3n) is 2.61. The van der Waals surface area contributed by atoms with E-state index < -0.39 is 10.0 Å². The SMILES string of the molecule is CC(N)CC(C)NS(=O)(=O)CCc1ccccc1. The second kappa shape index (κ2) is 6.87. The highest BCUT2D eigenvalue weighted by atomic mass is 32.2. The van der Waals surface area contributed by atoms with Gasteiger partial charge in [0, 0.05) is 12.1 Å². The minimum atomic E-state index is -3.23. The van der Waals surface area contributed by atoms with Crippen LogP contribution in [0.1, 0.15) is 25.8 Å². The molecule has 0 fully saturated rings. The van der Waals surface area contributed by atoms with E-state index in [-0.39, 0.29) is 17.8 Å². The van der Waals surface area contributed by atoms with Gasteiger partial charge in [0.05, 0.1) is 5.75 Å². The number of hydrogen-bond acceptors (Lipinski definition) is 3. The van der Waals surface area contributed by atoms with Crippen molar-refractivity contribution in [3.63, 3.8) is 0 Å². The molecule has 1 aromatic rings. The Morgan fingerprint density at radius 2 is 1.83 bits per heavy atom. The predicted molar refractivity (Wildman–Crippen MR) is 74.8 cm³/mol. The minimum absolute atomic E-state index is 0.00294. The Bertz CT molecular complexity index is 443. The molecule has 4 nitrogen and oxygen atoms in total. The molecule has 2 atom stereocenters. The van der Waals surface area contributed by atoms with Crippen molar-refractivity contribution in [2.75, 3.05) is 5.75 Å². The molecular weight excluding hydrogens is 248 g/mol. The number of hydrogen-bond donors (Lipinski definition) is 2. The van der Waals surface area contributed by atoms with Gasteiger partial charge in [0.15, 0.2) is 0 Å². The van der Waals surface area contributed by atoms with Gasteiger partial charge in [-0.15, -0.1) is 0 Å². The summed E-state index contributed by atoms with van der Waals surface area (Å²) in [7, 11) is -3.23. The zero-order valence-electron chi connectivity index (χ0n) is 11.0. The summed E-state index contributed by atoms with van der Waals surface area (Å²) in [5, 5.41) is 0. The molecule has 2 unspecified atom stereocenters. The van der Waals surface area contributed by atoms with Crippen LogP contribution in [0.2, 0.25) is 0 Å². The Morgan fingerprint density at radius 1 is 1.22 bits per heavy atom. The number of rotatable bonds is 7. The Balaban J connectivity index is 2.45. The van der Waals surface area contributed by atoms with Crippen LogP contribution in [0, 0.1) is 0 Å². The lowest BCUT2D eigenvalue weighted by molar-refractivity contribution is 0.519. The lowest BCUT2D eigenvalue weighted by atomic mass is 10.1. The number of aryl methyl sites for hydroxylation is 1. The van der Waals surface area contributed by atoms with Gasteiger partial charge in [-0.05, 0) is 32.3 Å². The second-order valence-electron chi connectivity index (χ2n) is 4.79. The normalized spacial score (nSPS) is 15.3. The Labute approximate surface area is 110 Å². The van der Waals surface area contributed by atoms with E-state index in [1.165, 1.54) is 0 Å². The lowest BCUT2D eigenvalue weighted by Gasteiger charge is -2.16. The highest BCUT2D eigenvalue weighted by molar-refractivity contribution is 7.89. The molecule has 0 saturated carbocycles. The average molecular weight is 270 g/mol. The third-order valence-corrected chi connectivity index (χ3v) is 4.11. The molecule has 1 aromatic carbocycles. The van der Waals surface area contributed by atoms with Crippen LogP contribution in [0.5, 0.6) is 0 Å². The van der Waals surface area contributed by atoms with Crippen molar-refractivity contribution < 1.29 is 8.42 Å². The van der Waals surface area contributed by atoms with E-state index in [1.54, 1.807) is 0 Å². The number of benzene rings is 1. The molecule has 102 valence electrons. The molecule has 3 N–H and O–H groups in total. The fraction of sp³-hybridized carbons (Fsp3) is 0.538. The van der Waals surface area contributed by atoms with Crippen molar-refractivity contribution in [2.45, 2.75) is 38.8 Å². The summed E-state index contributed by atoms with van der Waals surface area (Å²) in [5.74, 6) is 0.111. The molecule has 0 aliphatic rings. The van der Waals surface area contributed by atoms with E-state index in [0.717, 1.165) is 5.56 Å². The van der Waals surface area contributed by atoms with Gasteiger partial charge in [-0.3, -0.25) is 0 Å². The van der Waals surface area contributed by atoms with E-state index in [2.05, 4.69) is 4.72 Å². The summed E-state index contributed by atoms with van der Waals surface area (Å²) in [6.45, 7) is 3.71. The monoisotopic (exact) mass is 270 g/mol. The van der Waals surface area contributed by atoms with Crippen molar-refractivity contribution in [1.29, 1.82) is 0 Å². The van der Waals surface area contributed by atoms with E-state index in [1.807, 2.05) is 44.2 Å². The van der Waals surface area contributed by atoms with Crippen LogP contribution in [0.15, 0.2) is 30.3 Å². The summed E-state index contributed by atoms with van der Waals surface area (Å²) in [4.78, 5) is 0. The maximum Gasteiger partial charge on any atom is 0.212 e. The fourth-order valence-corrected chi connectivity index (χ4v) is 3.20. The van der Waals surface area contributed by atoms with Gasteiger partial charge in [-0.1, -0.05) is 30.3 Å².